The number of benzene rings is 1. The van der Waals surface area contributed by atoms with Crippen molar-refractivity contribution in [2.45, 2.75) is 25.1 Å². The number of alkyl halides is 3. The van der Waals surface area contributed by atoms with Gasteiger partial charge in [-0.15, -0.1) is 0 Å². The maximum absolute atomic E-state index is 12.6. The number of hydrogen-bond donors (Lipinski definition) is 1. The van der Waals surface area contributed by atoms with E-state index < -0.39 is 23.8 Å². The molecule has 0 unspecified atom stereocenters. The Morgan fingerprint density at radius 1 is 1.35 bits per heavy atom. The fourth-order valence-electron chi connectivity index (χ4n) is 1.59. The number of rotatable bonds is 4. The van der Waals surface area contributed by atoms with Gasteiger partial charge in [0, 0.05) is 18.8 Å². The quantitative estimate of drug-likeness (QED) is 0.813. The molecule has 94 valence electrons. The molecule has 0 saturated heterocycles. The second-order valence-corrected chi connectivity index (χ2v) is 3.80. The summed E-state index contributed by atoms with van der Waals surface area (Å²) in [6.07, 6.45) is -4.83. The van der Waals surface area contributed by atoms with Gasteiger partial charge in [0.1, 0.15) is 0 Å². The highest BCUT2D eigenvalue weighted by molar-refractivity contribution is 5.64. The summed E-state index contributed by atoms with van der Waals surface area (Å²) in [7, 11) is 0. The minimum Gasteiger partial charge on any atom is -0.550 e. The number of halogens is 3. The minimum atomic E-state index is -4.43. The van der Waals surface area contributed by atoms with Gasteiger partial charge in [0.15, 0.2) is 0 Å². The molecular weight excluding hydrogens is 235 g/mol. The minimum absolute atomic E-state index is 0.0380. The van der Waals surface area contributed by atoms with Crippen molar-refractivity contribution in [3.05, 3.63) is 35.4 Å². The maximum atomic E-state index is 12.6. The Morgan fingerprint density at radius 2 is 1.94 bits per heavy atom. The highest BCUT2D eigenvalue weighted by Gasteiger charge is 2.33. The Hall–Kier alpha value is -1.56. The van der Waals surface area contributed by atoms with Gasteiger partial charge < -0.3 is 15.6 Å². The van der Waals surface area contributed by atoms with E-state index in [1.165, 1.54) is 18.2 Å². The molecule has 1 rings (SSSR count). The SMILES string of the molecule is [NH3+][C@H](CC(=O)[O-])Cc1ccccc1C(F)(F)F. The van der Waals surface area contributed by atoms with E-state index in [1.807, 2.05) is 0 Å². The molecule has 0 fully saturated rings. The lowest BCUT2D eigenvalue weighted by Crippen LogP contribution is -2.63. The summed E-state index contributed by atoms with van der Waals surface area (Å²) in [5.74, 6) is -1.31. The molecule has 17 heavy (non-hydrogen) atoms. The van der Waals surface area contributed by atoms with Crippen molar-refractivity contribution in [1.29, 1.82) is 0 Å². The van der Waals surface area contributed by atoms with Crippen LogP contribution in [0.25, 0.3) is 0 Å². The molecule has 1 aromatic rings. The van der Waals surface area contributed by atoms with Gasteiger partial charge >= 0.3 is 6.18 Å². The molecule has 0 saturated carbocycles. The van der Waals surface area contributed by atoms with Crippen molar-refractivity contribution in [2.24, 2.45) is 0 Å². The highest BCUT2D eigenvalue weighted by Crippen LogP contribution is 2.32. The zero-order valence-corrected chi connectivity index (χ0v) is 8.96. The topological polar surface area (TPSA) is 67.8 Å². The Labute approximate surface area is 96.0 Å². The molecule has 0 spiro atoms. The van der Waals surface area contributed by atoms with Crippen LogP contribution in [0.15, 0.2) is 24.3 Å². The Morgan fingerprint density at radius 3 is 2.47 bits per heavy atom. The van der Waals surface area contributed by atoms with Gasteiger partial charge in [-0.3, -0.25) is 0 Å². The molecule has 0 bridgehead atoms. The van der Waals surface area contributed by atoms with Crippen LogP contribution < -0.4 is 10.8 Å². The van der Waals surface area contributed by atoms with Gasteiger partial charge in [0.05, 0.1) is 11.6 Å². The van der Waals surface area contributed by atoms with Crippen LogP contribution in [0.1, 0.15) is 17.5 Å². The maximum Gasteiger partial charge on any atom is 0.416 e. The second-order valence-electron chi connectivity index (χ2n) is 3.80. The average Bonchev–Trinajstić information content (AvgIpc) is 2.15. The third-order valence-corrected chi connectivity index (χ3v) is 2.29. The normalized spacial score (nSPS) is 13.4. The summed E-state index contributed by atoms with van der Waals surface area (Å²) >= 11 is 0. The lowest BCUT2D eigenvalue weighted by molar-refractivity contribution is -0.423. The molecular formula is C11H12F3NO2. The zero-order chi connectivity index (χ0) is 13.1. The zero-order valence-electron chi connectivity index (χ0n) is 8.96. The monoisotopic (exact) mass is 247 g/mol. The first-order valence-corrected chi connectivity index (χ1v) is 4.98. The lowest BCUT2D eigenvalue weighted by Gasteiger charge is -2.14. The summed E-state index contributed by atoms with van der Waals surface area (Å²) < 4.78 is 37.8. The van der Waals surface area contributed by atoms with Crippen LogP contribution in [0.5, 0.6) is 0 Å². The number of carbonyl (C=O) groups excluding carboxylic acids is 1. The first kappa shape index (κ1) is 13.5. The van der Waals surface area contributed by atoms with Gasteiger partial charge in [-0.05, 0) is 11.6 Å². The van der Waals surface area contributed by atoms with Crippen molar-refractivity contribution in [3.63, 3.8) is 0 Å². The third kappa shape index (κ3) is 4.07. The predicted octanol–water partition coefficient (Wildman–Crippen LogP) is -0.00160. The number of carboxylic acid groups (broad SMARTS) is 1. The van der Waals surface area contributed by atoms with E-state index in [0.29, 0.717) is 0 Å². The Bertz CT molecular complexity index is 404. The van der Waals surface area contributed by atoms with Crippen LogP contribution in [0.4, 0.5) is 13.2 Å². The number of aliphatic carboxylic acids is 1. The fourth-order valence-corrected chi connectivity index (χ4v) is 1.59. The van der Waals surface area contributed by atoms with Crippen molar-refractivity contribution < 1.29 is 28.8 Å². The lowest BCUT2D eigenvalue weighted by atomic mass is 9.99. The number of carboxylic acids is 1. The van der Waals surface area contributed by atoms with E-state index in [4.69, 9.17) is 0 Å². The van der Waals surface area contributed by atoms with Gasteiger partial charge in [-0.1, -0.05) is 18.2 Å². The van der Waals surface area contributed by atoms with Crippen LogP contribution in [0.3, 0.4) is 0 Å². The summed E-state index contributed by atoms with van der Waals surface area (Å²) in [6, 6.07) is 4.44. The van der Waals surface area contributed by atoms with Gasteiger partial charge in [-0.25, -0.2) is 0 Å². The number of carbonyl (C=O) groups is 1. The van der Waals surface area contributed by atoms with Crippen molar-refractivity contribution in [3.8, 4) is 0 Å². The van der Waals surface area contributed by atoms with Crippen LogP contribution in [-0.4, -0.2) is 12.0 Å². The number of quaternary nitrogens is 1. The Balaban J connectivity index is 2.87. The molecule has 1 aromatic carbocycles. The van der Waals surface area contributed by atoms with Crippen LogP contribution >= 0.6 is 0 Å². The molecule has 0 heterocycles. The summed E-state index contributed by atoms with van der Waals surface area (Å²) in [4.78, 5) is 10.3. The molecule has 1 atom stereocenters. The van der Waals surface area contributed by atoms with Crippen LogP contribution in [0, 0.1) is 0 Å². The molecule has 6 heteroatoms. The summed E-state index contributed by atoms with van der Waals surface area (Å²) in [6.45, 7) is 0. The molecule has 0 aliphatic rings. The van der Waals surface area contributed by atoms with Gasteiger partial charge in [0.2, 0.25) is 0 Å². The van der Waals surface area contributed by atoms with Crippen molar-refractivity contribution in [2.75, 3.05) is 0 Å². The summed E-state index contributed by atoms with van der Waals surface area (Å²) in [5, 5.41) is 10.3. The van der Waals surface area contributed by atoms with E-state index >= 15 is 0 Å². The molecule has 0 aliphatic carbocycles. The van der Waals surface area contributed by atoms with E-state index in [2.05, 4.69) is 5.73 Å². The molecule has 0 amide bonds. The molecule has 3 N–H and O–H groups in total. The highest BCUT2D eigenvalue weighted by atomic mass is 19.4. The largest absolute Gasteiger partial charge is 0.550 e. The summed E-state index contributed by atoms with van der Waals surface area (Å²) in [5.41, 5.74) is 2.82. The van der Waals surface area contributed by atoms with E-state index in [9.17, 15) is 23.1 Å². The molecule has 0 radical (unpaired) electrons. The fraction of sp³-hybridized carbons (Fsp3) is 0.364. The Kier molecular flexibility index (Phi) is 4.11. The molecule has 0 aliphatic heterocycles. The van der Waals surface area contributed by atoms with Crippen LogP contribution in [0.2, 0.25) is 0 Å². The smallest absolute Gasteiger partial charge is 0.416 e. The van der Waals surface area contributed by atoms with E-state index in [-0.39, 0.29) is 18.4 Å². The third-order valence-electron chi connectivity index (χ3n) is 2.29. The van der Waals surface area contributed by atoms with E-state index in [0.717, 1.165) is 6.07 Å². The standard InChI is InChI=1S/C11H12F3NO2/c12-11(13,14)9-4-2-1-3-7(9)5-8(15)6-10(16)17/h1-4,8H,5-6,15H2,(H,16,17)/t8-/m0/s1. The van der Waals surface area contributed by atoms with Crippen LogP contribution in [-0.2, 0) is 17.4 Å². The van der Waals surface area contributed by atoms with Crippen molar-refractivity contribution in [1.82, 2.24) is 0 Å². The van der Waals surface area contributed by atoms with Crippen molar-refractivity contribution >= 4 is 5.97 Å². The number of hydrogen-bond acceptors (Lipinski definition) is 2. The predicted molar refractivity (Wildman–Crippen MR) is 51.4 cm³/mol. The average molecular weight is 247 g/mol. The first-order valence-electron chi connectivity index (χ1n) is 4.98. The molecule has 3 nitrogen and oxygen atoms in total. The van der Waals surface area contributed by atoms with E-state index in [1.54, 1.807) is 0 Å². The molecule has 0 aromatic heterocycles. The van der Waals surface area contributed by atoms with Gasteiger partial charge in [-0.2, -0.15) is 13.2 Å². The second kappa shape index (κ2) is 5.18. The first-order chi connectivity index (χ1) is 7.80. The van der Waals surface area contributed by atoms with Gasteiger partial charge in [0.25, 0.3) is 0 Å².